The lowest BCUT2D eigenvalue weighted by atomic mass is 10.0. The number of hydrogen-bond donors (Lipinski definition) is 3. The summed E-state index contributed by atoms with van der Waals surface area (Å²) in [6.45, 7) is 0. The maximum absolute atomic E-state index is 9.82. The van der Waals surface area contributed by atoms with Gasteiger partial charge in [-0.3, -0.25) is 0 Å². The van der Waals surface area contributed by atoms with Crippen molar-refractivity contribution in [3.63, 3.8) is 0 Å². The number of nitrogens with one attached hydrogen (secondary N) is 1. The monoisotopic (exact) mass is 215 g/mol. The minimum atomic E-state index is -0.371. The lowest BCUT2D eigenvalue weighted by Crippen LogP contribution is -2.23. The first-order valence-corrected chi connectivity index (χ1v) is 4.84. The van der Waals surface area contributed by atoms with Crippen LogP contribution < -0.4 is 10.3 Å². The lowest BCUT2D eigenvalue weighted by molar-refractivity contribution is 0.150. The SMILES string of the molecule is OC1=C(O)c2c(ccc3ccccc23)ON1. The topological polar surface area (TPSA) is 61.7 Å². The standard InChI is InChI=1S/C12H9NO3/c14-11-10-8-4-2-1-3-7(8)5-6-9(10)16-13-12(11)15/h1-6,13-15H. The maximum atomic E-state index is 9.82. The van der Waals surface area contributed by atoms with E-state index in [0.717, 1.165) is 10.8 Å². The number of fused-ring (bicyclic) bond motifs is 3. The van der Waals surface area contributed by atoms with Gasteiger partial charge < -0.3 is 15.1 Å². The minimum Gasteiger partial charge on any atom is -0.503 e. The molecule has 1 heterocycles. The summed E-state index contributed by atoms with van der Waals surface area (Å²) in [5.74, 6) is -0.0732. The van der Waals surface area contributed by atoms with E-state index in [1.54, 1.807) is 6.07 Å². The van der Waals surface area contributed by atoms with Crippen molar-refractivity contribution in [2.75, 3.05) is 0 Å². The fourth-order valence-electron chi connectivity index (χ4n) is 1.85. The van der Waals surface area contributed by atoms with Crippen molar-refractivity contribution < 1.29 is 15.1 Å². The Morgan fingerprint density at radius 3 is 2.69 bits per heavy atom. The highest BCUT2D eigenvalue weighted by Crippen LogP contribution is 2.35. The minimum absolute atomic E-state index is 0.196. The third-order valence-electron chi connectivity index (χ3n) is 2.61. The fourth-order valence-corrected chi connectivity index (χ4v) is 1.85. The van der Waals surface area contributed by atoms with Crippen LogP contribution in [0.2, 0.25) is 0 Å². The Bertz CT molecular complexity index is 604. The third-order valence-corrected chi connectivity index (χ3v) is 2.61. The van der Waals surface area contributed by atoms with Crippen LogP contribution in [-0.4, -0.2) is 10.2 Å². The summed E-state index contributed by atoms with van der Waals surface area (Å²) in [6.07, 6.45) is 0. The molecule has 4 nitrogen and oxygen atoms in total. The fraction of sp³-hybridized carbons (Fsp3) is 0. The first kappa shape index (κ1) is 8.91. The molecule has 16 heavy (non-hydrogen) atoms. The molecule has 1 aliphatic heterocycles. The van der Waals surface area contributed by atoms with Gasteiger partial charge in [-0.05, 0) is 16.8 Å². The summed E-state index contributed by atoms with van der Waals surface area (Å²) >= 11 is 0. The van der Waals surface area contributed by atoms with Gasteiger partial charge in [0.1, 0.15) is 0 Å². The number of rotatable bonds is 0. The van der Waals surface area contributed by atoms with Gasteiger partial charge in [0.15, 0.2) is 11.5 Å². The van der Waals surface area contributed by atoms with Gasteiger partial charge in [-0.1, -0.05) is 30.3 Å². The summed E-state index contributed by atoms with van der Waals surface area (Å²) in [5, 5.41) is 21.0. The average Bonchev–Trinajstić information content (AvgIpc) is 2.33. The number of benzene rings is 2. The summed E-state index contributed by atoms with van der Waals surface area (Å²) < 4.78 is 0. The van der Waals surface area contributed by atoms with Crippen molar-refractivity contribution >= 4 is 16.5 Å². The van der Waals surface area contributed by atoms with Crippen LogP contribution in [0.4, 0.5) is 0 Å². The molecule has 2 aromatic carbocycles. The predicted octanol–water partition coefficient (Wildman–Crippen LogP) is 2.48. The van der Waals surface area contributed by atoms with E-state index in [1.807, 2.05) is 30.3 Å². The van der Waals surface area contributed by atoms with Gasteiger partial charge in [-0.25, -0.2) is 0 Å². The molecule has 0 saturated carbocycles. The lowest BCUT2D eigenvalue weighted by Gasteiger charge is -2.19. The average molecular weight is 215 g/mol. The molecular weight excluding hydrogens is 206 g/mol. The molecule has 1 aliphatic rings. The molecule has 0 atom stereocenters. The molecule has 0 radical (unpaired) electrons. The van der Waals surface area contributed by atoms with E-state index in [4.69, 9.17) is 4.84 Å². The zero-order chi connectivity index (χ0) is 11.1. The Labute approximate surface area is 91.4 Å². The molecule has 0 unspecified atom stereocenters. The smallest absolute Gasteiger partial charge is 0.262 e. The largest absolute Gasteiger partial charge is 0.503 e. The summed E-state index contributed by atoms with van der Waals surface area (Å²) in [4.78, 5) is 5.10. The van der Waals surface area contributed by atoms with Crippen molar-refractivity contribution in [1.29, 1.82) is 0 Å². The zero-order valence-corrected chi connectivity index (χ0v) is 8.27. The van der Waals surface area contributed by atoms with Gasteiger partial charge in [-0.15, -0.1) is 0 Å². The molecule has 3 N–H and O–H groups in total. The van der Waals surface area contributed by atoms with E-state index in [0.29, 0.717) is 11.3 Å². The van der Waals surface area contributed by atoms with Crippen molar-refractivity contribution in [3.05, 3.63) is 47.8 Å². The van der Waals surface area contributed by atoms with Gasteiger partial charge in [0.2, 0.25) is 0 Å². The molecule has 4 heteroatoms. The first-order valence-electron chi connectivity index (χ1n) is 4.84. The van der Waals surface area contributed by atoms with E-state index in [9.17, 15) is 10.2 Å². The quantitative estimate of drug-likeness (QED) is 0.631. The highest BCUT2D eigenvalue weighted by molar-refractivity contribution is 5.95. The molecule has 3 rings (SSSR count). The predicted molar refractivity (Wildman–Crippen MR) is 59.9 cm³/mol. The van der Waals surface area contributed by atoms with E-state index >= 15 is 0 Å². The van der Waals surface area contributed by atoms with E-state index in [1.165, 1.54) is 0 Å². The van der Waals surface area contributed by atoms with Crippen LogP contribution in [0.25, 0.3) is 16.5 Å². The third kappa shape index (κ3) is 1.10. The van der Waals surface area contributed by atoms with Crippen LogP contribution in [0.3, 0.4) is 0 Å². The number of hydroxylamine groups is 1. The van der Waals surface area contributed by atoms with E-state index in [2.05, 4.69) is 5.48 Å². The zero-order valence-electron chi connectivity index (χ0n) is 8.27. The van der Waals surface area contributed by atoms with Crippen LogP contribution in [0.5, 0.6) is 5.75 Å². The molecule has 2 aromatic rings. The molecule has 0 amide bonds. The summed E-state index contributed by atoms with van der Waals surface area (Å²) in [5.41, 5.74) is 2.75. The van der Waals surface area contributed by atoms with E-state index < -0.39 is 0 Å². The molecule has 0 fully saturated rings. The molecule has 0 aliphatic carbocycles. The maximum Gasteiger partial charge on any atom is 0.262 e. The number of aliphatic hydroxyl groups excluding tert-OH is 2. The summed E-state index contributed by atoms with van der Waals surface area (Å²) in [6, 6.07) is 11.2. The van der Waals surface area contributed by atoms with Gasteiger partial charge in [-0.2, -0.15) is 5.48 Å². The van der Waals surface area contributed by atoms with Crippen LogP contribution in [-0.2, 0) is 0 Å². The first-order chi connectivity index (χ1) is 7.77. The molecular formula is C12H9NO3. The summed E-state index contributed by atoms with van der Waals surface area (Å²) in [7, 11) is 0. The Morgan fingerprint density at radius 2 is 1.81 bits per heavy atom. The highest BCUT2D eigenvalue weighted by Gasteiger charge is 2.21. The van der Waals surface area contributed by atoms with E-state index in [-0.39, 0.29) is 11.6 Å². The van der Waals surface area contributed by atoms with Gasteiger partial charge >= 0.3 is 0 Å². The molecule has 0 bridgehead atoms. The van der Waals surface area contributed by atoms with Crippen LogP contribution in [0, 0.1) is 0 Å². The second-order valence-electron chi connectivity index (χ2n) is 3.56. The second kappa shape index (κ2) is 3.06. The van der Waals surface area contributed by atoms with Crippen LogP contribution >= 0.6 is 0 Å². The normalized spacial score (nSPS) is 14.2. The Hall–Kier alpha value is -2.36. The number of aliphatic hydroxyl groups is 2. The van der Waals surface area contributed by atoms with Gasteiger partial charge in [0, 0.05) is 0 Å². The van der Waals surface area contributed by atoms with Crippen LogP contribution in [0.15, 0.2) is 42.3 Å². The molecule has 0 aromatic heterocycles. The Morgan fingerprint density at radius 1 is 1.00 bits per heavy atom. The van der Waals surface area contributed by atoms with Gasteiger partial charge in [0.05, 0.1) is 5.56 Å². The van der Waals surface area contributed by atoms with Crippen molar-refractivity contribution in [3.8, 4) is 5.75 Å². The van der Waals surface area contributed by atoms with Crippen LogP contribution in [0.1, 0.15) is 5.56 Å². The Balaban J connectivity index is 2.43. The molecule has 0 spiro atoms. The molecule has 80 valence electrons. The van der Waals surface area contributed by atoms with Crippen molar-refractivity contribution in [2.45, 2.75) is 0 Å². The number of hydrogen-bond acceptors (Lipinski definition) is 4. The van der Waals surface area contributed by atoms with Crippen molar-refractivity contribution in [1.82, 2.24) is 5.48 Å². The van der Waals surface area contributed by atoms with Gasteiger partial charge in [0.25, 0.3) is 5.88 Å². The van der Waals surface area contributed by atoms with Crippen molar-refractivity contribution in [2.24, 2.45) is 0 Å². The second-order valence-corrected chi connectivity index (χ2v) is 3.56. The Kier molecular flexibility index (Phi) is 1.71. The highest BCUT2D eigenvalue weighted by atomic mass is 16.7. The molecule has 0 saturated heterocycles.